The summed E-state index contributed by atoms with van der Waals surface area (Å²) < 4.78 is 13.2. The van der Waals surface area contributed by atoms with Gasteiger partial charge in [-0.15, -0.1) is 0 Å². The number of benzene rings is 2. The lowest BCUT2D eigenvalue weighted by Gasteiger charge is -2.36. The molecule has 0 aliphatic carbocycles. The van der Waals surface area contributed by atoms with Crippen molar-refractivity contribution in [3.05, 3.63) is 63.9 Å². The number of hydrogen-bond donors (Lipinski definition) is 0. The van der Waals surface area contributed by atoms with Crippen LogP contribution in [0.15, 0.2) is 42.5 Å². The third-order valence-corrected chi connectivity index (χ3v) is 4.68. The molecular formula is C18H17Cl2FN2O. The van der Waals surface area contributed by atoms with Gasteiger partial charge in [0.1, 0.15) is 5.82 Å². The first-order chi connectivity index (χ1) is 11.5. The summed E-state index contributed by atoms with van der Waals surface area (Å²) >= 11 is 12.3. The first kappa shape index (κ1) is 17.1. The molecule has 3 nitrogen and oxygen atoms in total. The number of hydrogen-bond acceptors (Lipinski definition) is 2. The fourth-order valence-corrected chi connectivity index (χ4v) is 3.26. The molecule has 2 aromatic carbocycles. The molecule has 1 aliphatic heterocycles. The molecule has 24 heavy (non-hydrogen) atoms. The van der Waals surface area contributed by atoms with E-state index in [0.717, 1.165) is 5.69 Å². The third kappa shape index (κ3) is 4.00. The Morgan fingerprint density at radius 1 is 1.04 bits per heavy atom. The maximum Gasteiger partial charge on any atom is 0.227 e. The normalized spacial score (nSPS) is 14.8. The van der Waals surface area contributed by atoms with E-state index in [-0.39, 0.29) is 18.1 Å². The minimum atomic E-state index is -0.319. The molecule has 0 radical (unpaired) electrons. The van der Waals surface area contributed by atoms with Crippen LogP contribution in [0.1, 0.15) is 5.56 Å². The zero-order valence-electron chi connectivity index (χ0n) is 13.0. The predicted octanol–water partition coefficient (Wildman–Crippen LogP) is 4.02. The van der Waals surface area contributed by atoms with Gasteiger partial charge >= 0.3 is 0 Å². The van der Waals surface area contributed by atoms with E-state index in [1.807, 2.05) is 6.07 Å². The van der Waals surface area contributed by atoms with Crippen molar-refractivity contribution in [2.75, 3.05) is 31.1 Å². The topological polar surface area (TPSA) is 23.6 Å². The number of amides is 1. The molecule has 2 aromatic rings. The summed E-state index contributed by atoms with van der Waals surface area (Å²) in [6.07, 6.45) is 0.218. The lowest BCUT2D eigenvalue weighted by molar-refractivity contribution is -0.130. The Morgan fingerprint density at radius 3 is 2.50 bits per heavy atom. The summed E-state index contributed by atoms with van der Waals surface area (Å²) in [5, 5.41) is 1.29. The van der Waals surface area contributed by atoms with Gasteiger partial charge in [-0.05, 0) is 35.9 Å². The highest BCUT2D eigenvalue weighted by Crippen LogP contribution is 2.29. The van der Waals surface area contributed by atoms with E-state index in [9.17, 15) is 9.18 Å². The van der Waals surface area contributed by atoms with Crippen molar-refractivity contribution < 1.29 is 9.18 Å². The zero-order valence-corrected chi connectivity index (χ0v) is 14.5. The van der Waals surface area contributed by atoms with Crippen LogP contribution in [0.4, 0.5) is 10.1 Å². The highest BCUT2D eigenvalue weighted by molar-refractivity contribution is 6.35. The second kappa shape index (κ2) is 7.41. The first-order valence-electron chi connectivity index (χ1n) is 7.75. The molecule has 0 aromatic heterocycles. The minimum Gasteiger partial charge on any atom is -0.367 e. The summed E-state index contributed by atoms with van der Waals surface area (Å²) in [5.41, 5.74) is 1.58. The van der Waals surface area contributed by atoms with Crippen LogP contribution in [-0.2, 0) is 11.2 Å². The molecule has 0 bridgehead atoms. The van der Waals surface area contributed by atoms with Gasteiger partial charge in [-0.25, -0.2) is 4.39 Å². The van der Waals surface area contributed by atoms with Crippen LogP contribution >= 0.6 is 23.2 Å². The number of carbonyl (C=O) groups excluding carboxylic acids is 1. The molecular weight excluding hydrogens is 350 g/mol. The molecule has 3 rings (SSSR count). The highest BCUT2D eigenvalue weighted by Gasteiger charge is 2.22. The van der Waals surface area contributed by atoms with Crippen LogP contribution in [0.25, 0.3) is 0 Å². The average Bonchev–Trinajstić information content (AvgIpc) is 2.57. The van der Waals surface area contributed by atoms with Gasteiger partial charge in [0.2, 0.25) is 5.91 Å². The van der Waals surface area contributed by atoms with Crippen LogP contribution < -0.4 is 4.90 Å². The van der Waals surface area contributed by atoms with Crippen molar-refractivity contribution in [1.82, 2.24) is 4.90 Å². The maximum absolute atomic E-state index is 13.2. The quantitative estimate of drug-likeness (QED) is 0.818. The zero-order chi connectivity index (χ0) is 17.1. The fourth-order valence-electron chi connectivity index (χ4n) is 2.86. The summed E-state index contributed by atoms with van der Waals surface area (Å²) in [4.78, 5) is 16.3. The number of anilines is 1. The Morgan fingerprint density at radius 2 is 1.79 bits per heavy atom. The van der Waals surface area contributed by atoms with Gasteiger partial charge in [0.25, 0.3) is 0 Å². The first-order valence-corrected chi connectivity index (χ1v) is 8.51. The Kier molecular flexibility index (Phi) is 5.27. The van der Waals surface area contributed by atoms with E-state index < -0.39 is 0 Å². The fraction of sp³-hybridized carbons (Fsp3) is 0.278. The van der Waals surface area contributed by atoms with Crippen LogP contribution in [0.2, 0.25) is 10.0 Å². The van der Waals surface area contributed by atoms with Crippen LogP contribution in [0.5, 0.6) is 0 Å². The van der Waals surface area contributed by atoms with Gasteiger partial charge < -0.3 is 9.80 Å². The molecule has 6 heteroatoms. The average molecular weight is 367 g/mol. The van der Waals surface area contributed by atoms with Gasteiger partial charge in [-0.2, -0.15) is 0 Å². The van der Waals surface area contributed by atoms with Crippen LogP contribution in [0, 0.1) is 5.82 Å². The standard InChI is InChI=1S/C18H17Cl2FN2O/c19-14-4-5-16(20)17(12-14)22-6-8-23(9-7-22)18(24)11-13-2-1-3-15(21)10-13/h1-5,10,12H,6-9,11H2. The Labute approximate surface area is 150 Å². The van der Waals surface area contributed by atoms with E-state index in [0.29, 0.717) is 41.8 Å². The van der Waals surface area contributed by atoms with Crippen LogP contribution in [-0.4, -0.2) is 37.0 Å². The van der Waals surface area contributed by atoms with Crippen molar-refractivity contribution in [2.45, 2.75) is 6.42 Å². The summed E-state index contributed by atoms with van der Waals surface area (Å²) in [6.45, 7) is 2.60. The van der Waals surface area contributed by atoms with Gasteiger partial charge in [-0.1, -0.05) is 35.3 Å². The molecule has 126 valence electrons. The SMILES string of the molecule is O=C(Cc1cccc(F)c1)N1CCN(c2cc(Cl)ccc2Cl)CC1. The summed E-state index contributed by atoms with van der Waals surface area (Å²) in [7, 11) is 0. The van der Waals surface area contributed by atoms with Crippen molar-refractivity contribution in [2.24, 2.45) is 0 Å². The molecule has 1 saturated heterocycles. The minimum absolute atomic E-state index is 0.0115. The number of piperazine rings is 1. The van der Waals surface area contributed by atoms with Crippen molar-refractivity contribution in [3.8, 4) is 0 Å². The van der Waals surface area contributed by atoms with Crippen LogP contribution in [0.3, 0.4) is 0 Å². The lowest BCUT2D eigenvalue weighted by Crippen LogP contribution is -2.49. The van der Waals surface area contributed by atoms with Crippen molar-refractivity contribution in [1.29, 1.82) is 0 Å². The number of nitrogens with zero attached hydrogens (tertiary/aromatic N) is 2. The summed E-state index contributed by atoms with van der Waals surface area (Å²) in [5.74, 6) is -0.307. The molecule has 0 spiro atoms. The summed E-state index contributed by atoms with van der Waals surface area (Å²) in [6, 6.07) is 11.5. The monoisotopic (exact) mass is 366 g/mol. The third-order valence-electron chi connectivity index (χ3n) is 4.13. The van der Waals surface area contributed by atoms with E-state index >= 15 is 0 Å². The molecule has 1 fully saturated rings. The Hall–Kier alpha value is -1.78. The van der Waals surface area contributed by atoms with Crippen molar-refractivity contribution in [3.63, 3.8) is 0 Å². The second-order valence-electron chi connectivity index (χ2n) is 5.77. The van der Waals surface area contributed by atoms with Gasteiger partial charge in [0.05, 0.1) is 17.1 Å². The largest absolute Gasteiger partial charge is 0.367 e. The van der Waals surface area contributed by atoms with E-state index in [1.54, 1.807) is 29.2 Å². The van der Waals surface area contributed by atoms with Gasteiger partial charge in [-0.3, -0.25) is 4.79 Å². The molecule has 0 atom stereocenters. The molecule has 1 heterocycles. The smallest absolute Gasteiger partial charge is 0.227 e. The number of halogens is 3. The van der Waals surface area contributed by atoms with Gasteiger partial charge in [0.15, 0.2) is 0 Å². The van der Waals surface area contributed by atoms with Gasteiger partial charge in [0, 0.05) is 31.2 Å². The lowest BCUT2D eigenvalue weighted by atomic mass is 10.1. The van der Waals surface area contributed by atoms with E-state index in [2.05, 4.69) is 4.90 Å². The second-order valence-corrected chi connectivity index (χ2v) is 6.61. The Bertz CT molecular complexity index is 746. The number of rotatable bonds is 3. The molecule has 0 saturated carbocycles. The molecule has 0 unspecified atom stereocenters. The molecule has 1 aliphatic rings. The van der Waals surface area contributed by atoms with Crippen molar-refractivity contribution >= 4 is 34.8 Å². The Balaban J connectivity index is 1.60. The number of carbonyl (C=O) groups is 1. The molecule has 0 N–H and O–H groups in total. The van der Waals surface area contributed by atoms with E-state index in [4.69, 9.17) is 23.2 Å². The predicted molar refractivity (Wildman–Crippen MR) is 95.4 cm³/mol. The van der Waals surface area contributed by atoms with E-state index in [1.165, 1.54) is 12.1 Å². The maximum atomic E-state index is 13.2. The highest BCUT2D eigenvalue weighted by atomic mass is 35.5. The molecule has 1 amide bonds.